The first-order chi connectivity index (χ1) is 8.16. The maximum Gasteiger partial charge on any atom is 0.331 e. The minimum atomic E-state index is -0.409. The third-order valence-electron chi connectivity index (χ3n) is 2.90. The molecule has 1 heterocycles. The molecule has 3 aromatic rings. The first kappa shape index (κ1) is 9.80. The molecule has 17 heavy (non-hydrogen) atoms. The second kappa shape index (κ2) is 3.29. The molecule has 0 saturated carbocycles. The van der Waals surface area contributed by atoms with Gasteiger partial charge in [0, 0.05) is 28.4 Å². The van der Waals surface area contributed by atoms with Crippen LogP contribution in [0.4, 0.5) is 11.4 Å². The van der Waals surface area contributed by atoms with E-state index in [0.29, 0.717) is 5.69 Å². The number of benzene rings is 2. The number of rotatable bonds is 1. The zero-order valence-corrected chi connectivity index (χ0v) is 8.93. The SMILES string of the molecule is [NH3+]c1cc2c(cc1[N+](=O)[O-])[nH]c1ccccc12. The molecule has 0 spiro atoms. The molecule has 5 nitrogen and oxygen atoms in total. The predicted octanol–water partition coefficient (Wildman–Crippen LogP) is 2.10. The quantitative estimate of drug-likeness (QED) is 0.493. The van der Waals surface area contributed by atoms with E-state index < -0.39 is 4.92 Å². The fourth-order valence-corrected chi connectivity index (χ4v) is 2.10. The van der Waals surface area contributed by atoms with Crippen LogP contribution in [0.5, 0.6) is 0 Å². The summed E-state index contributed by atoms with van der Waals surface area (Å²) in [6.45, 7) is 0. The van der Waals surface area contributed by atoms with Gasteiger partial charge in [-0.2, -0.15) is 0 Å². The van der Waals surface area contributed by atoms with Gasteiger partial charge in [-0.3, -0.25) is 10.1 Å². The number of quaternary nitrogens is 1. The molecule has 0 fully saturated rings. The van der Waals surface area contributed by atoms with Gasteiger partial charge in [0.25, 0.3) is 0 Å². The van der Waals surface area contributed by atoms with Gasteiger partial charge in [0.15, 0.2) is 0 Å². The number of nitro groups is 1. The monoisotopic (exact) mass is 228 g/mol. The average Bonchev–Trinajstić information content (AvgIpc) is 2.65. The van der Waals surface area contributed by atoms with Gasteiger partial charge < -0.3 is 10.7 Å². The van der Waals surface area contributed by atoms with Gasteiger partial charge >= 0.3 is 5.69 Å². The Kier molecular flexibility index (Phi) is 1.90. The molecular formula is C12H10N3O2+. The molecule has 0 bridgehead atoms. The predicted molar refractivity (Wildman–Crippen MR) is 65.0 cm³/mol. The van der Waals surface area contributed by atoms with E-state index in [2.05, 4.69) is 10.7 Å². The van der Waals surface area contributed by atoms with Crippen molar-refractivity contribution in [2.75, 3.05) is 0 Å². The summed E-state index contributed by atoms with van der Waals surface area (Å²) in [5.41, 5.74) is 5.95. The van der Waals surface area contributed by atoms with Crippen molar-refractivity contribution in [2.45, 2.75) is 0 Å². The second-order valence-corrected chi connectivity index (χ2v) is 3.95. The first-order valence-electron chi connectivity index (χ1n) is 5.17. The molecule has 0 aliphatic rings. The van der Waals surface area contributed by atoms with Crippen LogP contribution in [0.2, 0.25) is 0 Å². The van der Waals surface area contributed by atoms with Gasteiger partial charge in [-0.15, -0.1) is 0 Å². The molecular weight excluding hydrogens is 218 g/mol. The Morgan fingerprint density at radius 2 is 1.88 bits per heavy atom. The highest BCUT2D eigenvalue weighted by molar-refractivity contribution is 6.08. The van der Waals surface area contributed by atoms with Gasteiger partial charge in [0.2, 0.25) is 5.69 Å². The summed E-state index contributed by atoms with van der Waals surface area (Å²) in [5, 5.41) is 12.9. The summed E-state index contributed by atoms with van der Waals surface area (Å²) < 4.78 is 0. The number of fused-ring (bicyclic) bond motifs is 3. The molecule has 4 N–H and O–H groups in total. The maximum atomic E-state index is 10.8. The van der Waals surface area contributed by atoms with Crippen molar-refractivity contribution < 1.29 is 10.7 Å². The third kappa shape index (κ3) is 1.37. The van der Waals surface area contributed by atoms with Crippen LogP contribution in [0.15, 0.2) is 36.4 Å². The van der Waals surface area contributed by atoms with Crippen LogP contribution >= 0.6 is 0 Å². The number of nitrogens with one attached hydrogen (secondary N) is 1. The van der Waals surface area contributed by atoms with Crippen LogP contribution in [0, 0.1) is 10.1 Å². The highest BCUT2D eigenvalue weighted by atomic mass is 16.6. The first-order valence-corrected chi connectivity index (χ1v) is 5.17. The average molecular weight is 228 g/mol. The number of nitro benzene ring substituents is 1. The van der Waals surface area contributed by atoms with E-state index in [-0.39, 0.29) is 5.69 Å². The molecule has 0 atom stereocenters. The van der Waals surface area contributed by atoms with Gasteiger partial charge in [-0.05, 0) is 6.07 Å². The number of para-hydroxylation sites is 1. The minimum absolute atomic E-state index is 0.0454. The Balaban J connectivity index is 2.46. The lowest BCUT2D eigenvalue weighted by atomic mass is 10.1. The van der Waals surface area contributed by atoms with Gasteiger partial charge in [-0.1, -0.05) is 18.2 Å². The van der Waals surface area contributed by atoms with Gasteiger partial charge in [0.1, 0.15) is 0 Å². The van der Waals surface area contributed by atoms with Crippen molar-refractivity contribution in [3.63, 3.8) is 0 Å². The molecule has 0 amide bonds. The summed E-state index contributed by atoms with van der Waals surface area (Å²) in [6.07, 6.45) is 0. The normalized spacial score (nSPS) is 11.1. The van der Waals surface area contributed by atoms with Gasteiger partial charge in [-0.25, -0.2) is 0 Å². The highest BCUT2D eigenvalue weighted by Crippen LogP contribution is 2.31. The Morgan fingerprint density at radius 3 is 2.65 bits per heavy atom. The maximum absolute atomic E-state index is 10.8. The van der Waals surface area contributed by atoms with E-state index in [4.69, 9.17) is 0 Å². The summed E-state index contributed by atoms with van der Waals surface area (Å²) in [7, 11) is 0. The van der Waals surface area contributed by atoms with E-state index in [1.54, 1.807) is 6.07 Å². The van der Waals surface area contributed by atoms with Crippen molar-refractivity contribution in [3.8, 4) is 0 Å². The number of nitrogens with zero attached hydrogens (tertiary/aromatic N) is 1. The molecule has 0 saturated heterocycles. The molecule has 0 aliphatic heterocycles. The standard InChI is InChI=1S/C12H9N3O2/c13-9-5-8-7-3-1-2-4-10(7)14-11(8)6-12(9)15(16)17/h1-6,14H,13H2/p+1. The lowest BCUT2D eigenvalue weighted by molar-refractivity contribution is -0.395. The number of hydrogen-bond donors (Lipinski definition) is 2. The Morgan fingerprint density at radius 1 is 1.12 bits per heavy atom. The Bertz CT molecular complexity index is 746. The van der Waals surface area contributed by atoms with Crippen molar-refractivity contribution in [1.82, 2.24) is 4.98 Å². The molecule has 2 aromatic carbocycles. The smallest absolute Gasteiger partial charge is 0.331 e. The molecule has 1 aromatic heterocycles. The fraction of sp³-hybridized carbons (Fsp3) is 0. The molecule has 0 unspecified atom stereocenters. The summed E-state index contributed by atoms with van der Waals surface area (Å²) in [5.74, 6) is 0. The molecule has 3 rings (SSSR count). The number of aromatic amines is 1. The topological polar surface area (TPSA) is 86.6 Å². The lowest BCUT2D eigenvalue weighted by Gasteiger charge is -1.94. The molecule has 84 valence electrons. The van der Waals surface area contributed by atoms with Crippen LogP contribution in [-0.4, -0.2) is 9.91 Å². The largest absolute Gasteiger partial charge is 0.354 e. The van der Waals surface area contributed by atoms with Crippen molar-refractivity contribution in [2.24, 2.45) is 0 Å². The van der Waals surface area contributed by atoms with E-state index in [1.807, 2.05) is 24.3 Å². The van der Waals surface area contributed by atoms with Crippen molar-refractivity contribution >= 4 is 33.2 Å². The Labute approximate surface area is 96.0 Å². The Hall–Kier alpha value is -2.40. The van der Waals surface area contributed by atoms with Crippen LogP contribution in [0.25, 0.3) is 21.8 Å². The van der Waals surface area contributed by atoms with Crippen LogP contribution in [0.3, 0.4) is 0 Å². The summed E-state index contributed by atoms with van der Waals surface area (Å²) in [4.78, 5) is 13.6. The highest BCUT2D eigenvalue weighted by Gasteiger charge is 2.17. The molecule has 0 aliphatic carbocycles. The second-order valence-electron chi connectivity index (χ2n) is 3.95. The molecule has 5 heteroatoms. The van der Waals surface area contributed by atoms with E-state index in [0.717, 1.165) is 21.8 Å². The fourth-order valence-electron chi connectivity index (χ4n) is 2.10. The van der Waals surface area contributed by atoms with Crippen molar-refractivity contribution in [1.29, 1.82) is 0 Å². The van der Waals surface area contributed by atoms with Gasteiger partial charge in [0.05, 0.1) is 10.4 Å². The lowest BCUT2D eigenvalue weighted by Crippen LogP contribution is -2.40. The van der Waals surface area contributed by atoms with Crippen LogP contribution in [0.1, 0.15) is 0 Å². The zero-order chi connectivity index (χ0) is 12.0. The third-order valence-corrected chi connectivity index (χ3v) is 2.90. The van der Waals surface area contributed by atoms with E-state index in [9.17, 15) is 10.1 Å². The van der Waals surface area contributed by atoms with E-state index in [1.165, 1.54) is 6.07 Å². The summed E-state index contributed by atoms with van der Waals surface area (Å²) >= 11 is 0. The molecule has 0 radical (unpaired) electrons. The number of aromatic nitrogens is 1. The zero-order valence-electron chi connectivity index (χ0n) is 8.93. The minimum Gasteiger partial charge on any atom is -0.354 e. The van der Waals surface area contributed by atoms with Crippen molar-refractivity contribution in [3.05, 3.63) is 46.5 Å². The van der Waals surface area contributed by atoms with E-state index >= 15 is 0 Å². The number of H-pyrrole nitrogens is 1. The number of hydrogen-bond acceptors (Lipinski definition) is 2. The summed E-state index contributed by atoms with van der Waals surface area (Å²) in [6, 6.07) is 11.1. The van der Waals surface area contributed by atoms with Crippen LogP contribution < -0.4 is 5.73 Å². The van der Waals surface area contributed by atoms with Crippen LogP contribution in [-0.2, 0) is 0 Å².